The van der Waals surface area contributed by atoms with Gasteiger partial charge in [-0.25, -0.2) is 18.1 Å². The molecule has 2 aromatic heterocycles. The summed E-state index contributed by atoms with van der Waals surface area (Å²) in [6.07, 6.45) is 1.11. The first-order valence-electron chi connectivity index (χ1n) is 5.26. The zero-order chi connectivity index (χ0) is 14.0. The van der Waals surface area contributed by atoms with Crippen molar-refractivity contribution in [3.8, 4) is 6.07 Å². The Kier molecular flexibility index (Phi) is 3.23. The molecule has 2 rings (SSSR count). The molecule has 0 spiro atoms. The minimum absolute atomic E-state index is 0.0556. The van der Waals surface area contributed by atoms with E-state index in [0.717, 1.165) is 6.20 Å². The number of hydrogen-bond acceptors (Lipinski definition) is 6. The molecule has 0 aliphatic carbocycles. The van der Waals surface area contributed by atoms with Crippen LogP contribution in [0.25, 0.3) is 0 Å². The first-order valence-corrected chi connectivity index (χ1v) is 6.74. The highest BCUT2D eigenvalue weighted by Crippen LogP contribution is 2.21. The second-order valence-corrected chi connectivity index (χ2v) is 5.50. The van der Waals surface area contributed by atoms with Gasteiger partial charge in [-0.15, -0.1) is 0 Å². The molecule has 0 bridgehead atoms. The van der Waals surface area contributed by atoms with Crippen LogP contribution in [0.4, 0.5) is 5.88 Å². The van der Waals surface area contributed by atoms with E-state index in [4.69, 9.17) is 9.78 Å². The quantitative estimate of drug-likeness (QED) is 0.907. The summed E-state index contributed by atoms with van der Waals surface area (Å²) in [5.74, 6) is 0.0712. The number of nitrogens with zero attached hydrogens (tertiary/aromatic N) is 3. The van der Waals surface area contributed by atoms with E-state index in [9.17, 15) is 8.42 Å². The van der Waals surface area contributed by atoms with Gasteiger partial charge in [-0.1, -0.05) is 5.16 Å². The van der Waals surface area contributed by atoms with Gasteiger partial charge in [0, 0.05) is 11.8 Å². The summed E-state index contributed by atoms with van der Waals surface area (Å²) < 4.78 is 31.2. The Morgan fingerprint density at radius 1 is 1.37 bits per heavy atom. The molecule has 0 amide bonds. The maximum Gasteiger partial charge on any atom is 0.265 e. The Morgan fingerprint density at radius 2 is 2.11 bits per heavy atom. The van der Waals surface area contributed by atoms with Crippen molar-refractivity contribution in [3.63, 3.8) is 0 Å². The van der Waals surface area contributed by atoms with Crippen molar-refractivity contribution >= 4 is 15.9 Å². The number of nitriles is 1. The number of pyridine rings is 1. The molecule has 0 aromatic carbocycles. The van der Waals surface area contributed by atoms with Gasteiger partial charge in [-0.05, 0) is 26.0 Å². The third-order valence-electron chi connectivity index (χ3n) is 2.55. The van der Waals surface area contributed by atoms with Crippen LogP contribution in [0.3, 0.4) is 0 Å². The molecule has 2 heterocycles. The Labute approximate surface area is 109 Å². The molecule has 0 saturated heterocycles. The smallest absolute Gasteiger partial charge is 0.265 e. The number of nitrogens with one attached hydrogen (secondary N) is 1. The van der Waals surface area contributed by atoms with Crippen LogP contribution in [0, 0.1) is 25.2 Å². The van der Waals surface area contributed by atoms with Crippen LogP contribution in [0.2, 0.25) is 0 Å². The topological polar surface area (TPSA) is 109 Å². The van der Waals surface area contributed by atoms with Gasteiger partial charge in [-0.2, -0.15) is 5.26 Å². The first kappa shape index (κ1) is 13.0. The fourth-order valence-corrected chi connectivity index (χ4v) is 2.29. The summed E-state index contributed by atoms with van der Waals surface area (Å²) in [5, 5.41) is 12.3. The predicted molar refractivity (Wildman–Crippen MR) is 65.7 cm³/mol. The van der Waals surface area contributed by atoms with E-state index in [1.54, 1.807) is 13.8 Å². The summed E-state index contributed by atoms with van der Waals surface area (Å²) in [6.45, 7) is 3.40. The lowest BCUT2D eigenvalue weighted by Crippen LogP contribution is -2.13. The lowest BCUT2D eigenvalue weighted by Gasteiger charge is -2.04. The average Bonchev–Trinajstić information content (AvgIpc) is 2.70. The number of sulfonamides is 1. The Balaban J connectivity index is 2.32. The van der Waals surface area contributed by atoms with Gasteiger partial charge in [0.05, 0.1) is 5.69 Å². The van der Waals surface area contributed by atoms with Crippen LogP contribution in [-0.2, 0) is 10.0 Å². The molecular formula is C11H10N4O3S. The summed E-state index contributed by atoms with van der Waals surface area (Å²) in [6, 6.07) is 4.44. The average molecular weight is 278 g/mol. The highest BCUT2D eigenvalue weighted by atomic mass is 32.2. The van der Waals surface area contributed by atoms with Crippen LogP contribution >= 0.6 is 0 Å². The van der Waals surface area contributed by atoms with Gasteiger partial charge in [-0.3, -0.25) is 0 Å². The summed E-state index contributed by atoms with van der Waals surface area (Å²) >= 11 is 0. The molecule has 0 fully saturated rings. The minimum atomic E-state index is -3.80. The second-order valence-electron chi connectivity index (χ2n) is 3.82. The van der Waals surface area contributed by atoms with E-state index in [1.165, 1.54) is 12.1 Å². The normalized spacial score (nSPS) is 11.0. The van der Waals surface area contributed by atoms with Crippen LogP contribution in [-0.4, -0.2) is 18.6 Å². The zero-order valence-electron chi connectivity index (χ0n) is 10.2. The highest BCUT2D eigenvalue weighted by molar-refractivity contribution is 7.92. The summed E-state index contributed by atoms with van der Waals surface area (Å²) in [4.78, 5) is 3.65. The van der Waals surface area contributed by atoms with Crippen LogP contribution < -0.4 is 4.72 Å². The van der Waals surface area contributed by atoms with Crippen LogP contribution in [0.5, 0.6) is 0 Å². The van der Waals surface area contributed by atoms with E-state index >= 15 is 0 Å². The molecule has 1 N–H and O–H groups in total. The van der Waals surface area contributed by atoms with Crippen molar-refractivity contribution < 1.29 is 12.9 Å². The lowest BCUT2D eigenvalue weighted by molar-refractivity contribution is 0.430. The number of hydrogen-bond donors (Lipinski definition) is 1. The van der Waals surface area contributed by atoms with Crippen LogP contribution in [0.1, 0.15) is 17.0 Å². The van der Waals surface area contributed by atoms with Crippen molar-refractivity contribution in [3.05, 3.63) is 35.3 Å². The molecule has 98 valence electrons. The van der Waals surface area contributed by atoms with Crippen LogP contribution in [0.15, 0.2) is 27.7 Å². The van der Waals surface area contributed by atoms with Gasteiger partial charge in [0.25, 0.3) is 10.0 Å². The van der Waals surface area contributed by atoms with Crippen molar-refractivity contribution in [1.29, 1.82) is 5.26 Å². The Bertz CT molecular complexity index is 741. The zero-order valence-corrected chi connectivity index (χ0v) is 11.0. The number of aromatic nitrogens is 2. The molecule has 0 aliphatic rings. The fourth-order valence-electron chi connectivity index (χ4n) is 1.30. The van der Waals surface area contributed by atoms with E-state index in [0.29, 0.717) is 11.3 Å². The first-order chi connectivity index (χ1) is 8.94. The van der Waals surface area contributed by atoms with Crippen molar-refractivity contribution in [1.82, 2.24) is 10.1 Å². The molecule has 0 saturated carbocycles. The maximum atomic E-state index is 12.0. The standard InChI is InChI=1S/C11H10N4O3S/c1-7-8(2)14-18-11(7)15-19(16,17)10-4-3-9(5-12)13-6-10/h3-4,6,15H,1-2H3. The summed E-state index contributed by atoms with van der Waals surface area (Å²) in [7, 11) is -3.80. The number of rotatable bonds is 3. The molecular weight excluding hydrogens is 268 g/mol. The monoisotopic (exact) mass is 278 g/mol. The van der Waals surface area contributed by atoms with E-state index in [1.807, 2.05) is 6.07 Å². The molecule has 19 heavy (non-hydrogen) atoms. The molecule has 7 nitrogen and oxygen atoms in total. The SMILES string of the molecule is Cc1noc(NS(=O)(=O)c2ccc(C#N)nc2)c1C. The molecule has 0 atom stereocenters. The van der Waals surface area contributed by atoms with E-state index in [2.05, 4.69) is 14.9 Å². The summed E-state index contributed by atoms with van der Waals surface area (Å²) in [5.41, 5.74) is 1.37. The second kappa shape index (κ2) is 4.70. The number of anilines is 1. The lowest BCUT2D eigenvalue weighted by atomic mass is 10.3. The van der Waals surface area contributed by atoms with E-state index < -0.39 is 10.0 Å². The molecule has 0 radical (unpaired) electrons. The number of aryl methyl sites for hydroxylation is 1. The minimum Gasteiger partial charge on any atom is -0.337 e. The predicted octanol–water partition coefficient (Wildman–Crippen LogP) is 1.36. The van der Waals surface area contributed by atoms with Gasteiger partial charge in [0.1, 0.15) is 16.7 Å². The molecule has 8 heteroatoms. The van der Waals surface area contributed by atoms with E-state index in [-0.39, 0.29) is 16.5 Å². The molecule has 0 unspecified atom stereocenters. The Hall–Kier alpha value is -2.40. The van der Waals surface area contributed by atoms with Crippen molar-refractivity contribution in [2.45, 2.75) is 18.7 Å². The largest absolute Gasteiger partial charge is 0.337 e. The van der Waals surface area contributed by atoms with Gasteiger partial charge < -0.3 is 4.52 Å². The molecule has 0 aliphatic heterocycles. The van der Waals surface area contributed by atoms with Crippen molar-refractivity contribution in [2.75, 3.05) is 4.72 Å². The van der Waals surface area contributed by atoms with Gasteiger partial charge in [0.15, 0.2) is 0 Å². The highest BCUT2D eigenvalue weighted by Gasteiger charge is 2.19. The third-order valence-corrected chi connectivity index (χ3v) is 3.86. The van der Waals surface area contributed by atoms with Gasteiger partial charge in [0.2, 0.25) is 5.88 Å². The van der Waals surface area contributed by atoms with Crippen molar-refractivity contribution in [2.24, 2.45) is 0 Å². The fraction of sp³-hybridized carbons (Fsp3) is 0.182. The maximum absolute atomic E-state index is 12.0. The molecule has 2 aromatic rings. The third kappa shape index (κ3) is 2.56. The van der Waals surface area contributed by atoms with Gasteiger partial charge >= 0.3 is 0 Å². The Morgan fingerprint density at radius 3 is 2.58 bits per heavy atom.